The Labute approximate surface area is 214 Å². The summed E-state index contributed by atoms with van der Waals surface area (Å²) in [6.45, 7) is 3.26. The molecule has 2 aromatic carbocycles. The molecule has 0 saturated heterocycles. The van der Waals surface area contributed by atoms with E-state index in [1.165, 1.54) is 24.4 Å². The summed E-state index contributed by atoms with van der Waals surface area (Å²) < 4.78 is 29.1. The lowest BCUT2D eigenvalue weighted by molar-refractivity contribution is 0.0898. The SMILES string of the molecule is CCS(=O)(=O)c1ccc([C@H](COC(N)=O)NC(=O)c2cnc(N[C@@H](C)c3ccccc3)c(Cl)c2)cc1. The summed E-state index contributed by atoms with van der Waals surface area (Å²) in [6.07, 6.45) is 0.372. The van der Waals surface area contributed by atoms with E-state index >= 15 is 0 Å². The fourth-order valence-corrected chi connectivity index (χ4v) is 4.51. The van der Waals surface area contributed by atoms with Crippen molar-refractivity contribution in [2.75, 3.05) is 17.7 Å². The van der Waals surface area contributed by atoms with Crippen LogP contribution in [0.25, 0.3) is 0 Å². The number of nitrogens with two attached hydrogens (primary N) is 1. The molecule has 4 N–H and O–H groups in total. The summed E-state index contributed by atoms with van der Waals surface area (Å²) in [7, 11) is -3.39. The second kappa shape index (κ2) is 11.9. The monoisotopic (exact) mass is 530 g/mol. The van der Waals surface area contributed by atoms with Crippen molar-refractivity contribution in [3.63, 3.8) is 0 Å². The van der Waals surface area contributed by atoms with E-state index in [0.29, 0.717) is 11.4 Å². The van der Waals surface area contributed by atoms with Crippen LogP contribution in [0.1, 0.15) is 47.4 Å². The Hall–Kier alpha value is -3.63. The second-order valence-corrected chi connectivity index (χ2v) is 10.6. The van der Waals surface area contributed by atoms with Crippen molar-refractivity contribution in [1.29, 1.82) is 0 Å². The summed E-state index contributed by atoms with van der Waals surface area (Å²) in [5, 5.41) is 6.22. The third-order valence-electron chi connectivity index (χ3n) is 5.48. The van der Waals surface area contributed by atoms with E-state index < -0.39 is 27.9 Å². The van der Waals surface area contributed by atoms with E-state index in [9.17, 15) is 18.0 Å². The van der Waals surface area contributed by atoms with Crippen LogP contribution in [0, 0.1) is 0 Å². The number of rotatable bonds is 10. The lowest BCUT2D eigenvalue weighted by Gasteiger charge is -2.20. The predicted molar refractivity (Wildman–Crippen MR) is 138 cm³/mol. The van der Waals surface area contributed by atoms with E-state index in [-0.39, 0.29) is 33.9 Å². The first kappa shape index (κ1) is 27.0. The van der Waals surface area contributed by atoms with Crippen LogP contribution in [-0.2, 0) is 14.6 Å². The number of carbonyl (C=O) groups is 2. The fourth-order valence-electron chi connectivity index (χ4n) is 3.40. The van der Waals surface area contributed by atoms with Crippen molar-refractivity contribution in [3.05, 3.63) is 88.6 Å². The summed E-state index contributed by atoms with van der Waals surface area (Å²) in [5.41, 5.74) is 6.85. The van der Waals surface area contributed by atoms with Crippen LogP contribution in [0.15, 0.2) is 71.8 Å². The highest BCUT2D eigenvalue weighted by Gasteiger charge is 2.20. The molecule has 3 aromatic rings. The zero-order chi connectivity index (χ0) is 26.3. The number of aromatic nitrogens is 1. The standard InChI is InChI=1S/C25H27ClN4O5S/c1-3-36(33,34)20-11-9-18(10-12-20)22(15-35-25(27)32)30-24(31)19-13-21(26)23(28-14-19)29-16(2)17-7-5-4-6-8-17/h4-14,16,22H,3,15H2,1-2H3,(H2,27,32)(H,28,29)(H,30,31)/t16-,22-/m0/s1. The van der Waals surface area contributed by atoms with Crippen molar-refractivity contribution in [3.8, 4) is 0 Å². The Morgan fingerprint density at radius 2 is 1.75 bits per heavy atom. The third-order valence-corrected chi connectivity index (χ3v) is 7.51. The highest BCUT2D eigenvalue weighted by atomic mass is 35.5. The number of primary amides is 1. The van der Waals surface area contributed by atoms with Crippen molar-refractivity contribution in [1.82, 2.24) is 10.3 Å². The molecular weight excluding hydrogens is 504 g/mol. The van der Waals surface area contributed by atoms with Gasteiger partial charge in [0, 0.05) is 12.2 Å². The number of hydrogen-bond acceptors (Lipinski definition) is 7. The molecule has 0 fully saturated rings. The molecule has 0 aliphatic heterocycles. The molecule has 1 heterocycles. The average Bonchev–Trinajstić information content (AvgIpc) is 2.88. The Balaban J connectivity index is 1.76. The smallest absolute Gasteiger partial charge is 0.404 e. The lowest BCUT2D eigenvalue weighted by atomic mass is 10.1. The Morgan fingerprint density at radius 1 is 1.08 bits per heavy atom. The summed E-state index contributed by atoms with van der Waals surface area (Å²) in [5.74, 6) is -0.138. The molecule has 9 nitrogen and oxygen atoms in total. The number of anilines is 1. The van der Waals surface area contributed by atoms with Crippen molar-refractivity contribution >= 4 is 39.3 Å². The molecule has 190 valence electrons. The van der Waals surface area contributed by atoms with Gasteiger partial charge in [0.2, 0.25) is 0 Å². The summed E-state index contributed by atoms with van der Waals surface area (Å²) in [6, 6.07) is 16.3. The van der Waals surface area contributed by atoms with Crippen LogP contribution in [0.4, 0.5) is 10.6 Å². The zero-order valence-electron chi connectivity index (χ0n) is 19.8. The molecule has 1 aromatic heterocycles. The molecule has 0 unspecified atom stereocenters. The first-order chi connectivity index (χ1) is 17.1. The van der Waals surface area contributed by atoms with Gasteiger partial charge >= 0.3 is 6.09 Å². The van der Waals surface area contributed by atoms with Gasteiger partial charge in [-0.05, 0) is 36.2 Å². The molecule has 0 radical (unpaired) electrons. The van der Waals surface area contributed by atoms with Gasteiger partial charge in [0.15, 0.2) is 9.84 Å². The highest BCUT2D eigenvalue weighted by molar-refractivity contribution is 7.91. The van der Waals surface area contributed by atoms with Gasteiger partial charge in [0.05, 0.1) is 27.3 Å². The van der Waals surface area contributed by atoms with E-state index in [0.717, 1.165) is 5.56 Å². The quantitative estimate of drug-likeness (QED) is 0.355. The maximum atomic E-state index is 13.0. The molecule has 0 bridgehead atoms. The van der Waals surface area contributed by atoms with Gasteiger partial charge in [-0.2, -0.15) is 0 Å². The molecule has 0 aliphatic rings. The van der Waals surface area contributed by atoms with E-state index in [4.69, 9.17) is 22.1 Å². The number of sulfone groups is 1. The summed E-state index contributed by atoms with van der Waals surface area (Å²) in [4.78, 5) is 28.6. The average molecular weight is 531 g/mol. The maximum absolute atomic E-state index is 13.0. The number of benzene rings is 2. The predicted octanol–water partition coefficient (Wildman–Crippen LogP) is 4.27. The Bertz CT molecular complexity index is 1320. The minimum absolute atomic E-state index is 0.0416. The fraction of sp³-hybridized carbons (Fsp3) is 0.240. The number of pyridine rings is 1. The topological polar surface area (TPSA) is 140 Å². The first-order valence-electron chi connectivity index (χ1n) is 11.1. The van der Waals surface area contributed by atoms with Gasteiger partial charge in [0.1, 0.15) is 12.4 Å². The maximum Gasteiger partial charge on any atom is 0.404 e. The van der Waals surface area contributed by atoms with Crippen LogP contribution in [0.2, 0.25) is 5.02 Å². The van der Waals surface area contributed by atoms with E-state index in [1.807, 2.05) is 37.3 Å². The number of hydrogen-bond donors (Lipinski definition) is 3. The normalized spacial score (nSPS) is 12.9. The Kier molecular flexibility index (Phi) is 8.89. The van der Waals surface area contributed by atoms with Gasteiger partial charge in [-0.25, -0.2) is 18.2 Å². The molecule has 0 aliphatic carbocycles. The molecular formula is C25H27ClN4O5S. The number of nitrogens with one attached hydrogen (secondary N) is 2. The van der Waals surface area contributed by atoms with Crippen LogP contribution in [-0.4, -0.2) is 37.8 Å². The number of amides is 2. The summed E-state index contributed by atoms with van der Waals surface area (Å²) >= 11 is 6.39. The minimum Gasteiger partial charge on any atom is -0.447 e. The van der Waals surface area contributed by atoms with Crippen molar-refractivity contribution in [2.45, 2.75) is 30.8 Å². The number of halogens is 1. The molecule has 11 heteroatoms. The zero-order valence-corrected chi connectivity index (χ0v) is 21.3. The molecule has 0 spiro atoms. The largest absolute Gasteiger partial charge is 0.447 e. The number of ether oxygens (including phenoxy) is 1. The van der Waals surface area contributed by atoms with Crippen molar-refractivity contribution < 1.29 is 22.7 Å². The van der Waals surface area contributed by atoms with E-state index in [1.54, 1.807) is 19.1 Å². The van der Waals surface area contributed by atoms with Gasteiger partial charge in [0.25, 0.3) is 5.91 Å². The number of nitrogens with zero attached hydrogens (tertiary/aromatic N) is 1. The third kappa shape index (κ3) is 6.96. The highest BCUT2D eigenvalue weighted by Crippen LogP contribution is 2.25. The van der Waals surface area contributed by atoms with Gasteiger partial charge < -0.3 is 21.1 Å². The van der Waals surface area contributed by atoms with Crippen molar-refractivity contribution in [2.24, 2.45) is 5.73 Å². The minimum atomic E-state index is -3.39. The van der Waals surface area contributed by atoms with Crippen LogP contribution < -0.4 is 16.4 Å². The van der Waals surface area contributed by atoms with Crippen LogP contribution >= 0.6 is 11.6 Å². The number of carbonyl (C=O) groups excluding carboxylic acids is 2. The second-order valence-electron chi connectivity index (χ2n) is 7.96. The Morgan fingerprint density at radius 3 is 2.33 bits per heavy atom. The van der Waals surface area contributed by atoms with Gasteiger partial charge in [-0.15, -0.1) is 0 Å². The van der Waals surface area contributed by atoms with E-state index in [2.05, 4.69) is 15.6 Å². The molecule has 3 rings (SSSR count). The lowest BCUT2D eigenvalue weighted by Crippen LogP contribution is -2.33. The molecule has 2 amide bonds. The molecule has 36 heavy (non-hydrogen) atoms. The van der Waals surface area contributed by atoms with Gasteiger partial charge in [-0.1, -0.05) is 61.0 Å². The van der Waals surface area contributed by atoms with Crippen LogP contribution in [0.5, 0.6) is 0 Å². The first-order valence-corrected chi connectivity index (χ1v) is 13.2. The molecule has 2 atom stereocenters. The molecule has 0 saturated carbocycles. The van der Waals surface area contributed by atoms with Crippen LogP contribution in [0.3, 0.4) is 0 Å². The van der Waals surface area contributed by atoms with Gasteiger partial charge in [-0.3, -0.25) is 4.79 Å².